The first-order valence-corrected chi connectivity index (χ1v) is 3.49. The molecule has 0 bridgehead atoms. The lowest BCUT2D eigenvalue weighted by atomic mass is 9.76. The van der Waals surface area contributed by atoms with E-state index in [2.05, 4.69) is 0 Å². The van der Waals surface area contributed by atoms with E-state index in [1.54, 1.807) is 0 Å². The first kappa shape index (κ1) is 2.04. The number of rotatable bonds is 0. The fourth-order valence-electron chi connectivity index (χ4n) is 1.03. The third-order valence-corrected chi connectivity index (χ3v) is 1.55. The minimum Gasteiger partial charge on any atom is -0.0839 e. The molecule has 60 valence electrons. The molecule has 2 aliphatic carbocycles. The van der Waals surface area contributed by atoms with Crippen LogP contribution >= 0.6 is 0 Å². The Hall–Kier alpha value is -0.520. The third kappa shape index (κ3) is 1.40. The summed E-state index contributed by atoms with van der Waals surface area (Å²) in [5.74, 6) is -5.30. The minimum absolute atomic E-state index is 0.542. The molecule has 0 spiro atoms. The van der Waals surface area contributed by atoms with Gasteiger partial charge in [-0.25, -0.2) is 0 Å². The Morgan fingerprint density at radius 3 is 3.45 bits per heavy atom. The fourth-order valence-corrected chi connectivity index (χ4v) is 1.03. The van der Waals surface area contributed by atoms with Gasteiger partial charge in [0.2, 0.25) is 0 Å². The molecule has 0 aromatic heterocycles. The zero-order valence-corrected chi connectivity index (χ0v) is 6.23. The maximum absolute atomic E-state index is 8.34. The summed E-state index contributed by atoms with van der Waals surface area (Å²) in [5.41, 5.74) is -0.542. The van der Waals surface area contributed by atoms with Crippen LogP contribution in [0, 0.1) is 11.8 Å². The van der Waals surface area contributed by atoms with Crippen molar-refractivity contribution < 1.29 is 13.7 Å². The summed E-state index contributed by atoms with van der Waals surface area (Å²) in [5, 5.41) is 0. The molecule has 0 radical (unpaired) electrons. The molecular formula is C11H16. The summed E-state index contributed by atoms with van der Waals surface area (Å²) in [6.07, 6.45) is -8.25. The highest BCUT2D eigenvalue weighted by molar-refractivity contribution is 5.22. The predicted molar refractivity (Wildman–Crippen MR) is 48.3 cm³/mol. The Kier molecular flexibility index (Phi) is 0.528. The molecule has 0 heteroatoms. The van der Waals surface area contributed by atoms with Gasteiger partial charge >= 0.3 is 0 Å². The molecule has 0 N–H and O–H groups in total. The van der Waals surface area contributed by atoms with Gasteiger partial charge in [-0.15, -0.1) is 0 Å². The van der Waals surface area contributed by atoms with E-state index in [9.17, 15) is 0 Å². The van der Waals surface area contributed by atoms with Gasteiger partial charge in [-0.3, -0.25) is 0 Å². The van der Waals surface area contributed by atoms with Crippen molar-refractivity contribution >= 4 is 0 Å². The smallest absolute Gasteiger partial charge is 0.0352 e. The third-order valence-electron chi connectivity index (χ3n) is 1.55. The van der Waals surface area contributed by atoms with Gasteiger partial charge in [0, 0.05) is 13.7 Å². The Morgan fingerprint density at radius 2 is 2.55 bits per heavy atom. The molecule has 0 aromatic carbocycles. The second kappa shape index (κ2) is 2.84. The van der Waals surface area contributed by atoms with Gasteiger partial charge in [-0.1, -0.05) is 30.7 Å². The van der Waals surface area contributed by atoms with Crippen LogP contribution in [0.25, 0.3) is 0 Å². The topological polar surface area (TPSA) is 0 Å². The Morgan fingerprint density at radius 1 is 1.64 bits per heavy atom. The standard InChI is InChI=1S/C11H16/c1-9-6-7-10-4-2-3-5-11(10)8-9/h2-3,5,9-10H,4,6-8H2,1H3/i4D2,6D2,7D2,8D2,9D,10D. The molecule has 0 amide bonds. The molecule has 0 aliphatic heterocycles. The van der Waals surface area contributed by atoms with Crippen molar-refractivity contribution in [2.24, 2.45) is 11.8 Å². The van der Waals surface area contributed by atoms with Crippen LogP contribution in [-0.4, -0.2) is 0 Å². The molecule has 1 saturated carbocycles. The summed E-state index contributed by atoms with van der Waals surface area (Å²) in [4.78, 5) is 0. The van der Waals surface area contributed by atoms with Crippen LogP contribution in [0.15, 0.2) is 23.8 Å². The van der Waals surface area contributed by atoms with E-state index >= 15 is 0 Å². The van der Waals surface area contributed by atoms with E-state index in [4.69, 9.17) is 13.7 Å². The van der Waals surface area contributed by atoms with E-state index in [1.165, 1.54) is 6.08 Å². The maximum atomic E-state index is 8.34. The van der Waals surface area contributed by atoms with Gasteiger partial charge < -0.3 is 0 Å². The first-order chi connectivity index (χ1) is 9.09. The summed E-state index contributed by atoms with van der Waals surface area (Å²) >= 11 is 0. The maximum Gasteiger partial charge on any atom is 0.0352 e. The molecule has 11 heavy (non-hydrogen) atoms. The van der Waals surface area contributed by atoms with Gasteiger partial charge in [0.05, 0.1) is 0 Å². The second-order valence-electron chi connectivity index (χ2n) is 2.46. The molecule has 2 rings (SSSR count). The first-order valence-electron chi connectivity index (χ1n) is 8.49. The van der Waals surface area contributed by atoms with Crippen molar-refractivity contribution in [3.05, 3.63) is 23.8 Å². The molecule has 0 nitrogen and oxygen atoms in total. The quantitative estimate of drug-likeness (QED) is 0.507. The van der Waals surface area contributed by atoms with Crippen molar-refractivity contribution in [1.82, 2.24) is 0 Å². The number of hydrogen-bond acceptors (Lipinski definition) is 0. The van der Waals surface area contributed by atoms with Crippen molar-refractivity contribution in [3.63, 3.8) is 0 Å². The lowest BCUT2D eigenvalue weighted by Gasteiger charge is -2.30. The number of allylic oxidation sites excluding steroid dienone is 4. The Bertz CT molecular complexity index is 541. The molecule has 2 unspecified atom stereocenters. The molecule has 2 aliphatic rings. The molecule has 0 aromatic rings. The van der Waals surface area contributed by atoms with Gasteiger partial charge in [-0.05, 0) is 37.3 Å². The largest absolute Gasteiger partial charge is 0.0839 e. The highest BCUT2D eigenvalue weighted by atomic mass is 14.3. The van der Waals surface area contributed by atoms with Crippen LogP contribution < -0.4 is 0 Å². The lowest BCUT2D eigenvalue weighted by molar-refractivity contribution is 0.369. The summed E-state index contributed by atoms with van der Waals surface area (Å²) in [6.45, 7) is 0.944. The molecule has 0 saturated heterocycles. The van der Waals surface area contributed by atoms with Crippen molar-refractivity contribution in [2.75, 3.05) is 0 Å². The van der Waals surface area contributed by atoms with E-state index < -0.39 is 42.9 Å². The number of fused-ring (bicyclic) bond motifs is 1. The molecule has 0 heterocycles. The normalized spacial score (nSPS) is 81.4. The van der Waals surface area contributed by atoms with E-state index in [1.807, 2.05) is 0 Å². The minimum atomic E-state index is -3.10. The average Bonchev–Trinajstić information content (AvgIpc) is 2.30. The highest BCUT2D eigenvalue weighted by Gasteiger charge is 2.22. The fraction of sp³-hybridized carbons (Fsp3) is 0.636. The zero-order chi connectivity index (χ0) is 16.7. The monoisotopic (exact) mass is 158 g/mol. The van der Waals surface area contributed by atoms with Crippen molar-refractivity contribution in [1.29, 1.82) is 0 Å². The van der Waals surface area contributed by atoms with E-state index in [0.29, 0.717) is 0 Å². The second-order valence-corrected chi connectivity index (χ2v) is 2.46. The molecule has 2 atom stereocenters. The lowest BCUT2D eigenvalue weighted by Crippen LogP contribution is -2.16. The summed E-state index contributed by atoms with van der Waals surface area (Å²) < 4.78 is 80.3. The molecular weight excluding hydrogens is 132 g/mol. The van der Waals surface area contributed by atoms with Gasteiger partial charge in [0.25, 0.3) is 0 Å². The predicted octanol–water partition coefficient (Wildman–Crippen LogP) is 3.31. The van der Waals surface area contributed by atoms with Gasteiger partial charge in [-0.2, -0.15) is 0 Å². The van der Waals surface area contributed by atoms with Crippen molar-refractivity contribution in [3.8, 4) is 0 Å². The van der Waals surface area contributed by atoms with Crippen LogP contribution in [0.2, 0.25) is 0 Å². The summed E-state index contributed by atoms with van der Waals surface area (Å²) in [6, 6.07) is 0. The number of hydrogen-bond donors (Lipinski definition) is 0. The Labute approximate surface area is 83.0 Å². The average molecular weight is 158 g/mol. The van der Waals surface area contributed by atoms with Crippen LogP contribution in [0.4, 0.5) is 0 Å². The summed E-state index contributed by atoms with van der Waals surface area (Å²) in [7, 11) is 0. The Balaban J connectivity index is 2.90. The van der Waals surface area contributed by atoms with Gasteiger partial charge in [0.15, 0.2) is 0 Å². The van der Waals surface area contributed by atoms with Crippen LogP contribution in [-0.2, 0) is 0 Å². The van der Waals surface area contributed by atoms with Crippen LogP contribution in [0.3, 0.4) is 0 Å². The zero-order valence-electron chi connectivity index (χ0n) is 16.2. The SMILES string of the molecule is [2H]C1([2H])C=CC=C2C([2H])([2H])C([2H])(C)C([2H])([2H])C([2H])([2H])C21[2H]. The highest BCUT2D eigenvalue weighted by Crippen LogP contribution is 2.36. The molecule has 1 fully saturated rings. The van der Waals surface area contributed by atoms with Gasteiger partial charge in [0.1, 0.15) is 0 Å². The van der Waals surface area contributed by atoms with E-state index in [-0.39, 0.29) is 0 Å². The van der Waals surface area contributed by atoms with Crippen LogP contribution in [0.1, 0.15) is 46.1 Å². The van der Waals surface area contributed by atoms with E-state index in [0.717, 1.165) is 19.1 Å². The van der Waals surface area contributed by atoms with Crippen LogP contribution in [0.5, 0.6) is 0 Å². The van der Waals surface area contributed by atoms with Crippen molar-refractivity contribution in [2.45, 2.75) is 32.4 Å².